The summed E-state index contributed by atoms with van der Waals surface area (Å²) in [4.78, 5) is 28.9. The smallest absolute Gasteiger partial charge is 0.325 e. The van der Waals surface area contributed by atoms with Crippen LogP contribution in [0.4, 0.5) is 0 Å². The lowest BCUT2D eigenvalue weighted by atomic mass is 10.2. The van der Waals surface area contributed by atoms with Gasteiger partial charge < -0.3 is 18.8 Å². The summed E-state index contributed by atoms with van der Waals surface area (Å²) in [5.74, 6) is 0.294. The highest BCUT2D eigenvalue weighted by atomic mass is 79.9. The predicted molar refractivity (Wildman–Crippen MR) is 119 cm³/mol. The number of fused-ring (bicyclic) bond motifs is 1. The van der Waals surface area contributed by atoms with E-state index in [2.05, 4.69) is 20.9 Å². The van der Waals surface area contributed by atoms with E-state index in [1.165, 1.54) is 24.5 Å². The molecule has 1 aromatic heterocycles. The molecule has 30 heavy (non-hydrogen) atoms. The van der Waals surface area contributed by atoms with Crippen LogP contribution in [0, 0.1) is 0 Å². The van der Waals surface area contributed by atoms with Crippen molar-refractivity contribution in [3.05, 3.63) is 57.3 Å². The molecule has 0 aliphatic carbocycles. The van der Waals surface area contributed by atoms with Gasteiger partial charge in [-0.15, -0.1) is 0 Å². The Morgan fingerprint density at radius 1 is 1.10 bits per heavy atom. The van der Waals surface area contributed by atoms with Crippen molar-refractivity contribution >= 4 is 55.4 Å². The van der Waals surface area contributed by atoms with Gasteiger partial charge in [0.1, 0.15) is 6.54 Å². The van der Waals surface area contributed by atoms with Gasteiger partial charge in [-0.1, -0.05) is 33.3 Å². The van der Waals surface area contributed by atoms with Gasteiger partial charge in [0.2, 0.25) is 0 Å². The highest BCUT2D eigenvalue weighted by molar-refractivity contribution is 9.10. The third-order valence-electron chi connectivity index (χ3n) is 4.19. The second-order valence-electron chi connectivity index (χ2n) is 6.06. The molecule has 3 aromatic rings. The molecular formula is C21H19BrN2O5S. The highest BCUT2D eigenvalue weighted by Crippen LogP contribution is 2.28. The topological polar surface area (TPSA) is 79.1 Å². The zero-order valence-corrected chi connectivity index (χ0v) is 19.0. The van der Waals surface area contributed by atoms with Gasteiger partial charge in [-0.2, -0.15) is 4.99 Å². The summed E-state index contributed by atoms with van der Waals surface area (Å²) in [6, 6.07) is 11.0. The van der Waals surface area contributed by atoms with Crippen molar-refractivity contribution in [3.8, 4) is 11.5 Å². The zero-order valence-electron chi connectivity index (χ0n) is 16.5. The molecule has 0 atom stereocenters. The minimum Gasteiger partial charge on any atom is -0.493 e. The number of hydrogen-bond donors (Lipinski definition) is 0. The van der Waals surface area contributed by atoms with Crippen LogP contribution in [-0.4, -0.2) is 37.8 Å². The molecule has 0 N–H and O–H groups in total. The largest absolute Gasteiger partial charge is 0.493 e. The van der Waals surface area contributed by atoms with Crippen molar-refractivity contribution in [1.82, 2.24) is 4.57 Å². The third-order valence-corrected chi connectivity index (χ3v) is 5.73. The first kappa shape index (κ1) is 21.8. The number of nitrogens with zero attached hydrogens (tertiary/aromatic N) is 2. The van der Waals surface area contributed by atoms with Gasteiger partial charge >= 0.3 is 5.97 Å². The van der Waals surface area contributed by atoms with Crippen LogP contribution in [0.5, 0.6) is 11.5 Å². The maximum absolute atomic E-state index is 12.5. The van der Waals surface area contributed by atoms with Crippen molar-refractivity contribution in [2.45, 2.75) is 6.54 Å². The first-order valence-electron chi connectivity index (χ1n) is 8.79. The third kappa shape index (κ3) is 4.98. The van der Waals surface area contributed by atoms with Crippen LogP contribution in [0.15, 0.2) is 51.9 Å². The van der Waals surface area contributed by atoms with E-state index in [-0.39, 0.29) is 6.54 Å². The number of carbonyl (C=O) groups excluding carboxylic acids is 2. The molecule has 2 aromatic carbocycles. The van der Waals surface area contributed by atoms with Gasteiger partial charge in [0.15, 0.2) is 16.3 Å². The molecule has 0 aliphatic heterocycles. The summed E-state index contributed by atoms with van der Waals surface area (Å²) >= 11 is 4.75. The number of rotatable bonds is 6. The van der Waals surface area contributed by atoms with E-state index in [4.69, 9.17) is 14.2 Å². The van der Waals surface area contributed by atoms with E-state index in [1.807, 2.05) is 18.2 Å². The molecule has 156 valence electrons. The van der Waals surface area contributed by atoms with Crippen LogP contribution in [0.3, 0.4) is 0 Å². The fourth-order valence-corrected chi connectivity index (χ4v) is 4.32. The van der Waals surface area contributed by atoms with E-state index in [0.717, 1.165) is 20.3 Å². The fraction of sp³-hybridized carbons (Fsp3) is 0.190. The Morgan fingerprint density at radius 3 is 2.57 bits per heavy atom. The molecule has 0 saturated heterocycles. The summed E-state index contributed by atoms with van der Waals surface area (Å²) < 4.78 is 18.7. The van der Waals surface area contributed by atoms with Crippen molar-refractivity contribution < 1.29 is 23.8 Å². The SMILES string of the molecule is COC(=O)Cn1c(=NC(=O)/C=C\c2ccc(OC)c(OC)c2)sc2cc(Br)ccc21. The quantitative estimate of drug-likeness (QED) is 0.387. The average Bonchev–Trinajstić information content (AvgIpc) is 3.07. The van der Waals surface area contributed by atoms with E-state index in [9.17, 15) is 9.59 Å². The Balaban J connectivity index is 1.95. The number of thiazole rings is 1. The molecule has 0 unspecified atom stereocenters. The summed E-state index contributed by atoms with van der Waals surface area (Å²) in [5.41, 5.74) is 1.56. The summed E-state index contributed by atoms with van der Waals surface area (Å²) in [7, 11) is 4.43. The van der Waals surface area contributed by atoms with Crippen molar-refractivity contribution in [1.29, 1.82) is 0 Å². The maximum atomic E-state index is 12.5. The summed E-state index contributed by atoms with van der Waals surface area (Å²) in [5, 5.41) is 0. The van der Waals surface area contributed by atoms with Crippen LogP contribution >= 0.6 is 27.3 Å². The van der Waals surface area contributed by atoms with Gasteiger partial charge in [0.25, 0.3) is 5.91 Å². The molecule has 9 heteroatoms. The first-order chi connectivity index (χ1) is 14.4. The second kappa shape index (κ2) is 9.73. The molecule has 0 aliphatic rings. The van der Waals surface area contributed by atoms with Gasteiger partial charge in [-0.3, -0.25) is 9.59 Å². The molecule has 0 fully saturated rings. The molecule has 0 spiro atoms. The molecule has 7 nitrogen and oxygen atoms in total. The average molecular weight is 491 g/mol. The van der Waals surface area contributed by atoms with Crippen molar-refractivity contribution in [2.75, 3.05) is 21.3 Å². The number of methoxy groups -OCH3 is 3. The number of benzene rings is 2. The number of hydrogen-bond acceptors (Lipinski definition) is 6. The lowest BCUT2D eigenvalue weighted by Gasteiger charge is -2.07. The van der Waals surface area contributed by atoms with Gasteiger partial charge in [-0.05, 0) is 42.0 Å². The number of amides is 1. The minimum atomic E-state index is -0.450. The van der Waals surface area contributed by atoms with Gasteiger partial charge in [-0.25, -0.2) is 0 Å². The molecule has 1 amide bonds. The minimum absolute atomic E-state index is 0.0381. The Labute approximate surface area is 185 Å². The normalized spacial score (nSPS) is 11.8. The number of halogens is 1. The van der Waals surface area contributed by atoms with Crippen molar-refractivity contribution in [3.63, 3.8) is 0 Å². The lowest BCUT2D eigenvalue weighted by Crippen LogP contribution is -2.22. The lowest BCUT2D eigenvalue weighted by molar-refractivity contribution is -0.141. The van der Waals surface area contributed by atoms with Crippen LogP contribution in [0.1, 0.15) is 5.56 Å². The molecule has 0 saturated carbocycles. The van der Waals surface area contributed by atoms with Crippen LogP contribution in [0.2, 0.25) is 0 Å². The van der Waals surface area contributed by atoms with Crippen molar-refractivity contribution in [2.24, 2.45) is 4.99 Å². The molecule has 1 heterocycles. The van der Waals surface area contributed by atoms with Gasteiger partial charge in [0.05, 0.1) is 31.5 Å². The van der Waals surface area contributed by atoms with E-state index in [1.54, 1.807) is 43.1 Å². The van der Waals surface area contributed by atoms with Gasteiger partial charge in [0, 0.05) is 10.5 Å². The number of ether oxygens (including phenoxy) is 3. The van der Waals surface area contributed by atoms with Crippen LogP contribution < -0.4 is 14.3 Å². The standard InChI is InChI=1S/C21H19BrN2O5S/c1-27-16-8-4-13(10-17(16)28-2)5-9-19(25)23-21-24(12-20(26)29-3)15-7-6-14(22)11-18(15)30-21/h4-11H,12H2,1-3H3/b9-5-,23-21?. The van der Waals surface area contributed by atoms with E-state index in [0.29, 0.717) is 16.3 Å². The number of aromatic nitrogens is 1. The predicted octanol–water partition coefficient (Wildman–Crippen LogP) is 3.80. The molecular weight excluding hydrogens is 472 g/mol. The zero-order chi connectivity index (χ0) is 21.7. The molecule has 0 radical (unpaired) electrons. The van der Waals surface area contributed by atoms with E-state index >= 15 is 0 Å². The molecule has 0 bridgehead atoms. The maximum Gasteiger partial charge on any atom is 0.325 e. The van der Waals surface area contributed by atoms with E-state index < -0.39 is 11.9 Å². The Kier molecular flexibility index (Phi) is 7.07. The first-order valence-corrected chi connectivity index (χ1v) is 10.4. The summed E-state index contributed by atoms with van der Waals surface area (Å²) in [6.07, 6.45) is 3.01. The second-order valence-corrected chi connectivity index (χ2v) is 7.98. The van der Waals surface area contributed by atoms with Crippen LogP contribution in [0.25, 0.3) is 16.3 Å². The number of carbonyl (C=O) groups is 2. The fourth-order valence-electron chi connectivity index (χ4n) is 2.73. The Morgan fingerprint density at radius 2 is 1.87 bits per heavy atom. The monoisotopic (exact) mass is 490 g/mol. The van der Waals surface area contributed by atoms with Crippen LogP contribution in [-0.2, 0) is 20.9 Å². The molecule has 3 rings (SSSR count). The Bertz CT molecular complexity index is 1200. The summed E-state index contributed by atoms with van der Waals surface area (Å²) in [6.45, 7) is -0.0381. The Hall–Kier alpha value is -2.91. The number of esters is 1. The highest BCUT2D eigenvalue weighted by Gasteiger charge is 2.11.